The van der Waals surface area contributed by atoms with Gasteiger partial charge in [-0.25, -0.2) is 0 Å². The van der Waals surface area contributed by atoms with Gasteiger partial charge in [0.2, 0.25) is 11.8 Å². The monoisotopic (exact) mass is 615 g/mol. The largest absolute Gasteiger partial charge is 0.329 e. The first-order valence-corrected chi connectivity index (χ1v) is 19.3. The van der Waals surface area contributed by atoms with E-state index in [1.165, 1.54) is 179 Å². The van der Waals surface area contributed by atoms with Crippen molar-refractivity contribution in [3.8, 4) is 0 Å². The number of hydrogen-bond donors (Lipinski definition) is 2. The highest BCUT2D eigenvalue weighted by Crippen LogP contribution is 2.14. The predicted molar refractivity (Wildman–Crippen MR) is 194 cm³/mol. The lowest BCUT2D eigenvalue weighted by Crippen LogP contribution is -2.17. The van der Waals surface area contributed by atoms with Crippen molar-refractivity contribution in [3.05, 3.63) is 36.7 Å². The molecule has 0 heterocycles. The van der Waals surface area contributed by atoms with Gasteiger partial charge in [0, 0.05) is 24.6 Å². The Bertz CT molecular complexity index is 639. The van der Waals surface area contributed by atoms with Gasteiger partial charge in [0.25, 0.3) is 0 Å². The summed E-state index contributed by atoms with van der Waals surface area (Å²) in [6.07, 6.45) is 50.1. The molecule has 0 unspecified atom stereocenters. The molecule has 0 aromatic carbocycles. The summed E-state index contributed by atoms with van der Waals surface area (Å²) in [7, 11) is 0. The Morgan fingerprint density at radius 3 is 0.841 bits per heavy atom. The quantitative estimate of drug-likeness (QED) is 0.0559. The number of unbranched alkanes of at least 4 members (excludes halogenated alkanes) is 28. The molecule has 0 saturated heterocycles. The van der Waals surface area contributed by atoms with Crippen LogP contribution in [0.3, 0.4) is 0 Å². The van der Waals surface area contributed by atoms with E-state index in [9.17, 15) is 9.59 Å². The lowest BCUT2D eigenvalue weighted by atomic mass is 10.0. The molecule has 0 bridgehead atoms. The second-order valence-corrected chi connectivity index (χ2v) is 12.9. The molecule has 0 saturated carbocycles. The van der Waals surface area contributed by atoms with Crippen LogP contribution in [0.4, 0.5) is 0 Å². The Kier molecular flexibility index (Phi) is 35.8. The lowest BCUT2D eigenvalue weighted by Gasteiger charge is -2.03. The van der Waals surface area contributed by atoms with E-state index < -0.39 is 0 Å². The molecule has 0 aliphatic heterocycles. The molecule has 0 aromatic rings. The van der Waals surface area contributed by atoms with E-state index in [-0.39, 0.29) is 11.8 Å². The molecule has 0 aliphatic rings. The summed E-state index contributed by atoms with van der Waals surface area (Å²) in [5.41, 5.74) is 0. The van der Waals surface area contributed by atoms with E-state index in [2.05, 4.69) is 24.5 Å². The van der Waals surface area contributed by atoms with Gasteiger partial charge in [-0.2, -0.15) is 0 Å². The number of carbonyl (C=O) groups excluding carboxylic acids is 2. The van der Waals surface area contributed by atoms with Crippen LogP contribution in [-0.4, -0.2) is 11.8 Å². The molecule has 2 amide bonds. The van der Waals surface area contributed by atoms with Crippen LogP contribution in [0.15, 0.2) is 36.7 Å². The zero-order valence-electron chi connectivity index (χ0n) is 29.5. The van der Waals surface area contributed by atoms with Crippen LogP contribution in [0.5, 0.6) is 0 Å². The molecular formula is C40H74N2O2. The minimum atomic E-state index is -0.274. The normalized spacial score (nSPS) is 11.8. The van der Waals surface area contributed by atoms with Gasteiger partial charge < -0.3 is 10.6 Å². The summed E-state index contributed by atoms with van der Waals surface area (Å²) in [5.74, 6) is -0.549. The maximum atomic E-state index is 11.9. The van der Waals surface area contributed by atoms with E-state index in [4.69, 9.17) is 0 Å². The molecule has 44 heavy (non-hydrogen) atoms. The van der Waals surface area contributed by atoms with Gasteiger partial charge in [-0.3, -0.25) is 9.59 Å². The van der Waals surface area contributed by atoms with E-state index in [0.29, 0.717) is 0 Å². The third-order valence-electron chi connectivity index (χ3n) is 8.52. The van der Waals surface area contributed by atoms with Crippen molar-refractivity contribution < 1.29 is 9.59 Å². The van der Waals surface area contributed by atoms with Crippen LogP contribution in [0.2, 0.25) is 0 Å². The average molecular weight is 615 g/mol. The van der Waals surface area contributed by atoms with Crippen molar-refractivity contribution in [2.24, 2.45) is 0 Å². The van der Waals surface area contributed by atoms with Crippen molar-refractivity contribution >= 4 is 11.8 Å². The van der Waals surface area contributed by atoms with Crippen LogP contribution in [0, 0.1) is 0 Å². The zero-order chi connectivity index (χ0) is 32.0. The summed E-state index contributed by atoms with van der Waals surface area (Å²) < 4.78 is 0. The topological polar surface area (TPSA) is 58.2 Å². The number of rotatable bonds is 34. The van der Waals surface area contributed by atoms with Crippen molar-refractivity contribution in [1.82, 2.24) is 10.6 Å². The summed E-state index contributed by atoms with van der Waals surface area (Å²) in [6.45, 7) is 4.56. The molecular weight excluding hydrogens is 540 g/mol. The highest BCUT2D eigenvalue weighted by Gasteiger charge is 1.97. The first kappa shape index (κ1) is 42.2. The fourth-order valence-corrected chi connectivity index (χ4v) is 5.61. The summed E-state index contributed by atoms with van der Waals surface area (Å²) >= 11 is 0. The van der Waals surface area contributed by atoms with E-state index in [1.807, 2.05) is 12.2 Å². The third kappa shape index (κ3) is 36.4. The van der Waals surface area contributed by atoms with Crippen LogP contribution >= 0.6 is 0 Å². The first-order valence-electron chi connectivity index (χ1n) is 19.3. The SMILES string of the molecule is CCCCCCCCCCCCCCCCC=CNC(=O)/C=C\C(=O)NC=CCCCCCCCCCCCCCCCC. The molecule has 0 aliphatic carbocycles. The summed E-state index contributed by atoms with van der Waals surface area (Å²) in [4.78, 5) is 23.8. The number of carbonyl (C=O) groups is 2. The van der Waals surface area contributed by atoms with Crippen LogP contribution in [-0.2, 0) is 9.59 Å². The van der Waals surface area contributed by atoms with Gasteiger partial charge >= 0.3 is 0 Å². The van der Waals surface area contributed by atoms with Gasteiger partial charge in [-0.05, 0) is 25.7 Å². The molecule has 0 fully saturated rings. The van der Waals surface area contributed by atoms with Crippen molar-refractivity contribution in [2.75, 3.05) is 0 Å². The lowest BCUT2D eigenvalue weighted by molar-refractivity contribution is -0.117. The van der Waals surface area contributed by atoms with Crippen LogP contribution < -0.4 is 10.6 Å². The Hall–Kier alpha value is -1.84. The molecule has 0 rings (SSSR count). The molecule has 2 N–H and O–H groups in total. The Morgan fingerprint density at radius 1 is 0.364 bits per heavy atom. The molecule has 256 valence electrons. The molecule has 0 spiro atoms. The molecule has 0 radical (unpaired) electrons. The highest BCUT2D eigenvalue weighted by atomic mass is 16.2. The minimum absolute atomic E-state index is 0.274. The number of nitrogens with one attached hydrogen (secondary N) is 2. The van der Waals surface area contributed by atoms with Crippen LogP contribution in [0.1, 0.15) is 206 Å². The summed E-state index contributed by atoms with van der Waals surface area (Å²) in [5, 5.41) is 5.42. The van der Waals surface area contributed by atoms with Crippen molar-refractivity contribution in [1.29, 1.82) is 0 Å². The fourth-order valence-electron chi connectivity index (χ4n) is 5.61. The maximum Gasteiger partial charge on any atom is 0.248 e. The minimum Gasteiger partial charge on any atom is -0.329 e. The third-order valence-corrected chi connectivity index (χ3v) is 8.52. The molecule has 4 nitrogen and oxygen atoms in total. The average Bonchev–Trinajstić information content (AvgIpc) is 3.03. The number of allylic oxidation sites excluding steroid dienone is 2. The highest BCUT2D eigenvalue weighted by molar-refractivity contribution is 5.97. The molecule has 0 aromatic heterocycles. The van der Waals surface area contributed by atoms with Crippen molar-refractivity contribution in [3.63, 3.8) is 0 Å². The number of amides is 2. The van der Waals surface area contributed by atoms with Gasteiger partial charge in [-0.15, -0.1) is 0 Å². The maximum absolute atomic E-state index is 11.9. The first-order chi connectivity index (χ1) is 21.7. The zero-order valence-corrected chi connectivity index (χ0v) is 29.5. The van der Waals surface area contributed by atoms with Gasteiger partial charge in [0.15, 0.2) is 0 Å². The fraction of sp³-hybridized carbons (Fsp3) is 0.800. The van der Waals surface area contributed by atoms with Crippen LogP contribution in [0.25, 0.3) is 0 Å². The van der Waals surface area contributed by atoms with Gasteiger partial charge in [-0.1, -0.05) is 193 Å². The Morgan fingerprint density at radius 2 is 0.591 bits per heavy atom. The van der Waals surface area contributed by atoms with Gasteiger partial charge in [0.05, 0.1) is 0 Å². The molecule has 0 atom stereocenters. The van der Waals surface area contributed by atoms with E-state index in [0.717, 1.165) is 25.7 Å². The Labute approximate surface area is 274 Å². The standard InChI is InChI=1S/C40H74N2O2/c1-3-5-7-9-11-13-15-17-19-21-23-25-27-29-31-33-37-41-39(43)35-36-40(44)42-38-34-32-30-28-26-24-22-20-18-16-14-12-10-8-6-4-2/h33-38H,3-32H2,1-2H3,(H,41,43)(H,42,44)/b36-35-,37-33?,38-34?. The molecule has 4 heteroatoms. The number of hydrogen-bond acceptors (Lipinski definition) is 2. The van der Waals surface area contributed by atoms with E-state index in [1.54, 1.807) is 12.4 Å². The second kappa shape index (κ2) is 37.3. The summed E-state index contributed by atoms with van der Waals surface area (Å²) in [6, 6.07) is 0. The Balaban J connectivity index is 3.46. The predicted octanol–water partition coefficient (Wildman–Crippen LogP) is 12.5. The smallest absolute Gasteiger partial charge is 0.248 e. The van der Waals surface area contributed by atoms with Gasteiger partial charge in [0.1, 0.15) is 0 Å². The van der Waals surface area contributed by atoms with Crippen molar-refractivity contribution in [2.45, 2.75) is 206 Å². The van der Waals surface area contributed by atoms with E-state index >= 15 is 0 Å². The second-order valence-electron chi connectivity index (χ2n) is 12.9.